The molecule has 2 aromatic rings. The third-order valence-electron chi connectivity index (χ3n) is 3.25. The van der Waals surface area contributed by atoms with Crippen LogP contribution in [-0.4, -0.2) is 11.6 Å². The van der Waals surface area contributed by atoms with Crippen LogP contribution in [0.2, 0.25) is 0 Å². The molecule has 0 unspecified atom stereocenters. The fraction of sp³-hybridized carbons (Fsp3) is 0.471. The molecule has 1 aromatic heterocycles. The molecule has 0 spiro atoms. The first-order valence-corrected chi connectivity index (χ1v) is 8.49. The van der Waals surface area contributed by atoms with Gasteiger partial charge in [0.2, 0.25) is 0 Å². The van der Waals surface area contributed by atoms with Gasteiger partial charge in [-0.15, -0.1) is 11.3 Å². The summed E-state index contributed by atoms with van der Waals surface area (Å²) in [5, 5.41) is 4.59. The molecule has 4 heteroatoms. The predicted molar refractivity (Wildman–Crippen MR) is 88.9 cm³/mol. The minimum atomic E-state index is 0.803. The second-order valence-corrected chi connectivity index (χ2v) is 6.22. The number of nitrogens with one attached hydrogen (secondary N) is 1. The molecule has 2 rings (SSSR count). The van der Waals surface area contributed by atoms with E-state index in [1.54, 1.807) is 11.3 Å². The Hall–Kier alpha value is -1.39. The van der Waals surface area contributed by atoms with Crippen LogP contribution in [0.4, 0.5) is 0 Å². The number of hydrogen-bond acceptors (Lipinski definition) is 4. The molecule has 114 valence electrons. The highest BCUT2D eigenvalue weighted by Crippen LogP contribution is 2.14. The quantitative estimate of drug-likeness (QED) is 0.706. The summed E-state index contributed by atoms with van der Waals surface area (Å²) < 4.78 is 5.66. The van der Waals surface area contributed by atoms with Crippen molar-refractivity contribution in [1.29, 1.82) is 0 Å². The first kappa shape index (κ1) is 16.0. The first-order valence-electron chi connectivity index (χ1n) is 7.67. The summed E-state index contributed by atoms with van der Waals surface area (Å²) in [4.78, 5) is 5.76. The van der Waals surface area contributed by atoms with Crippen molar-refractivity contribution < 1.29 is 4.74 Å². The van der Waals surface area contributed by atoms with E-state index < -0.39 is 0 Å². The summed E-state index contributed by atoms with van der Waals surface area (Å²) >= 11 is 1.79. The normalized spacial score (nSPS) is 10.8. The number of benzene rings is 1. The minimum Gasteiger partial charge on any atom is -0.494 e. The second kappa shape index (κ2) is 8.80. The van der Waals surface area contributed by atoms with Crippen molar-refractivity contribution in [3.05, 3.63) is 45.9 Å². The molecular formula is C17H24N2OS. The van der Waals surface area contributed by atoms with E-state index in [2.05, 4.69) is 36.3 Å². The van der Waals surface area contributed by atoms with Crippen molar-refractivity contribution in [2.24, 2.45) is 0 Å². The molecule has 0 saturated carbocycles. The van der Waals surface area contributed by atoms with Crippen LogP contribution in [0, 0.1) is 0 Å². The zero-order valence-electron chi connectivity index (χ0n) is 12.9. The van der Waals surface area contributed by atoms with E-state index in [1.165, 1.54) is 16.9 Å². The number of nitrogens with zero attached hydrogens (tertiary/aromatic N) is 1. The molecule has 1 heterocycles. The summed E-state index contributed by atoms with van der Waals surface area (Å²) in [6.07, 6.45) is 5.32. The van der Waals surface area contributed by atoms with Gasteiger partial charge in [0.1, 0.15) is 10.8 Å². The van der Waals surface area contributed by atoms with Gasteiger partial charge in [0.15, 0.2) is 0 Å². The number of unbranched alkanes of at least 4 members (excludes halogenated alkanes) is 1. The van der Waals surface area contributed by atoms with E-state index in [9.17, 15) is 0 Å². The van der Waals surface area contributed by atoms with E-state index in [0.29, 0.717) is 0 Å². The Morgan fingerprint density at radius 2 is 1.95 bits per heavy atom. The number of rotatable bonds is 9. The van der Waals surface area contributed by atoms with Crippen LogP contribution in [0.3, 0.4) is 0 Å². The van der Waals surface area contributed by atoms with E-state index >= 15 is 0 Å². The Labute approximate surface area is 131 Å². The van der Waals surface area contributed by atoms with Crippen molar-refractivity contribution in [3.63, 3.8) is 0 Å². The molecule has 0 atom stereocenters. The average molecular weight is 304 g/mol. The lowest BCUT2D eigenvalue weighted by Gasteiger charge is -2.07. The molecule has 0 radical (unpaired) electrons. The SMILES string of the molecule is CCCCOc1ccc(CNCc2ncc(CC)s2)cc1. The van der Waals surface area contributed by atoms with Gasteiger partial charge in [-0.05, 0) is 30.5 Å². The van der Waals surface area contributed by atoms with Gasteiger partial charge in [0, 0.05) is 24.2 Å². The van der Waals surface area contributed by atoms with Gasteiger partial charge in [-0.3, -0.25) is 0 Å². The smallest absolute Gasteiger partial charge is 0.119 e. The lowest BCUT2D eigenvalue weighted by atomic mass is 10.2. The van der Waals surface area contributed by atoms with Gasteiger partial charge >= 0.3 is 0 Å². The number of thiazole rings is 1. The van der Waals surface area contributed by atoms with Gasteiger partial charge in [-0.25, -0.2) is 4.98 Å². The van der Waals surface area contributed by atoms with Gasteiger partial charge in [-0.1, -0.05) is 32.4 Å². The molecule has 0 fully saturated rings. The predicted octanol–water partition coefficient (Wildman–Crippen LogP) is 4.17. The molecule has 0 aliphatic rings. The summed E-state index contributed by atoms with van der Waals surface area (Å²) in [5.41, 5.74) is 1.27. The highest BCUT2D eigenvalue weighted by Gasteiger charge is 2.00. The summed E-state index contributed by atoms with van der Waals surface area (Å²) in [7, 11) is 0. The molecule has 0 bridgehead atoms. The maximum Gasteiger partial charge on any atom is 0.119 e. The minimum absolute atomic E-state index is 0.803. The molecule has 0 saturated heterocycles. The molecule has 0 amide bonds. The lowest BCUT2D eigenvalue weighted by Crippen LogP contribution is -2.12. The Morgan fingerprint density at radius 1 is 1.14 bits per heavy atom. The standard InChI is InChI=1S/C17H24N2OS/c1-3-5-10-20-15-8-6-14(7-9-15)11-18-13-17-19-12-16(4-2)21-17/h6-9,12,18H,3-5,10-11,13H2,1-2H3. The average Bonchev–Trinajstić information content (AvgIpc) is 2.97. The maximum atomic E-state index is 5.66. The Morgan fingerprint density at radius 3 is 2.62 bits per heavy atom. The highest BCUT2D eigenvalue weighted by atomic mass is 32.1. The first-order chi connectivity index (χ1) is 10.3. The van der Waals surface area contributed by atoms with Crippen LogP contribution in [0.25, 0.3) is 0 Å². The summed E-state index contributed by atoms with van der Waals surface area (Å²) in [6.45, 7) is 6.83. The fourth-order valence-corrected chi connectivity index (χ4v) is 2.78. The number of aryl methyl sites for hydroxylation is 1. The Kier molecular flexibility index (Phi) is 6.70. The van der Waals surface area contributed by atoms with Gasteiger partial charge in [0.25, 0.3) is 0 Å². The van der Waals surface area contributed by atoms with Gasteiger partial charge < -0.3 is 10.1 Å². The fourth-order valence-electron chi connectivity index (χ4n) is 1.94. The lowest BCUT2D eigenvalue weighted by molar-refractivity contribution is 0.309. The van der Waals surface area contributed by atoms with Crippen LogP contribution >= 0.6 is 11.3 Å². The van der Waals surface area contributed by atoms with Crippen molar-refractivity contribution in [2.75, 3.05) is 6.61 Å². The van der Waals surface area contributed by atoms with E-state index in [4.69, 9.17) is 4.74 Å². The highest BCUT2D eigenvalue weighted by molar-refractivity contribution is 7.11. The van der Waals surface area contributed by atoms with Crippen molar-refractivity contribution in [3.8, 4) is 5.75 Å². The number of aromatic nitrogens is 1. The van der Waals surface area contributed by atoms with Crippen LogP contribution in [0.5, 0.6) is 5.75 Å². The third kappa shape index (κ3) is 5.48. The van der Waals surface area contributed by atoms with Crippen LogP contribution in [0.15, 0.2) is 30.5 Å². The second-order valence-electron chi connectivity index (χ2n) is 5.02. The molecule has 0 aliphatic heterocycles. The van der Waals surface area contributed by atoms with Crippen LogP contribution in [-0.2, 0) is 19.5 Å². The third-order valence-corrected chi connectivity index (χ3v) is 4.39. The molecular weight excluding hydrogens is 280 g/mol. The van der Waals surface area contributed by atoms with Crippen LogP contribution in [0.1, 0.15) is 42.1 Å². The van der Waals surface area contributed by atoms with Gasteiger partial charge in [0.05, 0.1) is 6.61 Å². The number of ether oxygens (including phenoxy) is 1. The van der Waals surface area contributed by atoms with E-state index in [-0.39, 0.29) is 0 Å². The van der Waals surface area contributed by atoms with E-state index in [1.807, 2.05) is 18.3 Å². The molecule has 21 heavy (non-hydrogen) atoms. The maximum absolute atomic E-state index is 5.66. The van der Waals surface area contributed by atoms with Crippen LogP contribution < -0.4 is 10.1 Å². The largest absolute Gasteiger partial charge is 0.494 e. The van der Waals surface area contributed by atoms with E-state index in [0.717, 1.165) is 43.3 Å². The zero-order chi connectivity index (χ0) is 14.9. The topological polar surface area (TPSA) is 34.1 Å². The van der Waals surface area contributed by atoms with Crippen molar-refractivity contribution in [2.45, 2.75) is 46.2 Å². The molecule has 1 aromatic carbocycles. The molecule has 0 aliphatic carbocycles. The summed E-state index contributed by atoms with van der Waals surface area (Å²) in [6, 6.07) is 8.33. The van der Waals surface area contributed by atoms with Crippen molar-refractivity contribution in [1.82, 2.24) is 10.3 Å². The number of hydrogen-bond donors (Lipinski definition) is 1. The van der Waals surface area contributed by atoms with Crippen molar-refractivity contribution >= 4 is 11.3 Å². The zero-order valence-corrected chi connectivity index (χ0v) is 13.7. The summed E-state index contributed by atoms with van der Waals surface area (Å²) in [5.74, 6) is 0.958. The molecule has 1 N–H and O–H groups in total. The Bertz CT molecular complexity index is 522. The Balaban J connectivity index is 1.73. The van der Waals surface area contributed by atoms with Gasteiger partial charge in [-0.2, -0.15) is 0 Å². The monoisotopic (exact) mass is 304 g/mol. The molecule has 3 nitrogen and oxygen atoms in total.